The molecular formula is C22H25FeP. The summed E-state index contributed by atoms with van der Waals surface area (Å²) in [5, 5.41) is 3.13. The maximum Gasteiger partial charge on any atom is 2.00 e. The molecule has 3 aromatic rings. The van der Waals surface area contributed by atoms with E-state index in [-0.39, 0.29) is 25.0 Å². The quantitative estimate of drug-likeness (QED) is 0.318. The Kier molecular flexibility index (Phi) is 8.54. The molecule has 1 unspecified atom stereocenters. The van der Waals surface area contributed by atoms with Gasteiger partial charge in [-0.1, -0.05) is 57.5 Å². The zero-order valence-electron chi connectivity index (χ0n) is 14.0. The van der Waals surface area contributed by atoms with Crippen LogP contribution in [-0.2, 0) is 17.1 Å². The molecular weight excluding hydrogens is 351 g/mol. The summed E-state index contributed by atoms with van der Waals surface area (Å²) in [6, 6.07) is 30.2. The standard InChI is InChI=1S/C17H20P.C5H5.Fe/c1-3-9-15(10-4-1)18(17-13-7-8-14-17)16-11-5-2-6-12-16;1-2-4-5-3-1;/h1,3-4,7-10,13-14,16H,2,5-6,11-12H2;1-5H;/q2*-1;+2. The molecule has 3 aromatic carbocycles. The summed E-state index contributed by atoms with van der Waals surface area (Å²) in [4.78, 5) is 0. The predicted octanol–water partition coefficient (Wildman–Crippen LogP) is 5.57. The molecule has 0 bridgehead atoms. The van der Waals surface area contributed by atoms with Crippen LogP contribution in [-0.4, -0.2) is 5.66 Å². The summed E-state index contributed by atoms with van der Waals surface area (Å²) in [7, 11) is -0.132. The van der Waals surface area contributed by atoms with Gasteiger partial charge in [0.2, 0.25) is 0 Å². The van der Waals surface area contributed by atoms with E-state index >= 15 is 0 Å². The fraction of sp³-hybridized carbons (Fsp3) is 0.273. The van der Waals surface area contributed by atoms with Gasteiger partial charge in [-0.2, -0.15) is 30.3 Å². The van der Waals surface area contributed by atoms with Crippen molar-refractivity contribution in [3.63, 3.8) is 0 Å². The maximum atomic E-state index is 2.33. The van der Waals surface area contributed by atoms with Crippen molar-refractivity contribution >= 4 is 18.5 Å². The topological polar surface area (TPSA) is 0 Å². The number of hydrogen-bond donors (Lipinski definition) is 0. The molecule has 1 fully saturated rings. The van der Waals surface area contributed by atoms with E-state index in [0.29, 0.717) is 0 Å². The summed E-state index contributed by atoms with van der Waals surface area (Å²) >= 11 is 0. The number of rotatable bonds is 3. The Morgan fingerprint density at radius 3 is 2.00 bits per heavy atom. The fourth-order valence-corrected chi connectivity index (χ4v) is 6.35. The second-order valence-electron chi connectivity index (χ2n) is 6.10. The van der Waals surface area contributed by atoms with E-state index < -0.39 is 0 Å². The number of benzene rings is 1. The van der Waals surface area contributed by atoms with E-state index in [1.807, 2.05) is 30.3 Å². The first-order valence-electron chi connectivity index (χ1n) is 8.68. The number of hydrogen-bond acceptors (Lipinski definition) is 0. The first-order valence-corrected chi connectivity index (χ1v) is 10.1. The van der Waals surface area contributed by atoms with Crippen LogP contribution in [0.5, 0.6) is 0 Å². The van der Waals surface area contributed by atoms with Crippen LogP contribution < -0.4 is 10.6 Å². The van der Waals surface area contributed by atoms with Crippen molar-refractivity contribution < 1.29 is 17.1 Å². The van der Waals surface area contributed by atoms with Crippen molar-refractivity contribution in [2.75, 3.05) is 0 Å². The van der Waals surface area contributed by atoms with Crippen LogP contribution in [0, 0.1) is 0 Å². The van der Waals surface area contributed by atoms with E-state index in [0.717, 1.165) is 5.66 Å². The first kappa shape index (κ1) is 19.2. The minimum atomic E-state index is -0.132. The molecule has 24 heavy (non-hydrogen) atoms. The Labute approximate surface area is 158 Å². The molecule has 1 atom stereocenters. The van der Waals surface area contributed by atoms with Gasteiger partial charge >= 0.3 is 17.1 Å². The van der Waals surface area contributed by atoms with Crippen molar-refractivity contribution in [3.8, 4) is 0 Å². The van der Waals surface area contributed by atoms with E-state index in [1.54, 1.807) is 10.6 Å². The second kappa shape index (κ2) is 10.7. The molecule has 0 heterocycles. The Balaban J connectivity index is 0.000000300. The first-order chi connectivity index (χ1) is 11.4. The van der Waals surface area contributed by atoms with Gasteiger partial charge in [0, 0.05) is 0 Å². The van der Waals surface area contributed by atoms with Crippen LogP contribution in [0.2, 0.25) is 0 Å². The van der Waals surface area contributed by atoms with Gasteiger partial charge in [-0.25, -0.2) is 24.3 Å². The van der Waals surface area contributed by atoms with Crippen LogP contribution in [0.3, 0.4) is 0 Å². The van der Waals surface area contributed by atoms with Crippen molar-refractivity contribution in [1.29, 1.82) is 0 Å². The van der Waals surface area contributed by atoms with Gasteiger partial charge in [-0.15, -0.1) is 5.30 Å². The van der Waals surface area contributed by atoms with Crippen molar-refractivity contribution in [2.45, 2.75) is 37.8 Å². The third kappa shape index (κ3) is 5.45. The largest absolute Gasteiger partial charge is 2.00 e. The van der Waals surface area contributed by atoms with Gasteiger partial charge in [0.25, 0.3) is 0 Å². The monoisotopic (exact) mass is 376 g/mol. The minimum Gasteiger partial charge on any atom is -0.214 e. The molecule has 0 amide bonds. The third-order valence-corrected chi connectivity index (χ3v) is 7.41. The molecule has 0 spiro atoms. The minimum absolute atomic E-state index is 0. The van der Waals surface area contributed by atoms with Gasteiger partial charge in [-0.05, 0) is 23.8 Å². The van der Waals surface area contributed by atoms with Crippen molar-refractivity contribution in [2.24, 2.45) is 0 Å². The van der Waals surface area contributed by atoms with Gasteiger partial charge in [0.15, 0.2) is 0 Å². The van der Waals surface area contributed by atoms with E-state index in [2.05, 4.69) is 54.6 Å². The van der Waals surface area contributed by atoms with Gasteiger partial charge < -0.3 is 0 Å². The Morgan fingerprint density at radius 1 is 0.750 bits per heavy atom. The molecule has 0 radical (unpaired) electrons. The molecule has 0 saturated heterocycles. The zero-order chi connectivity index (χ0) is 15.7. The van der Waals surface area contributed by atoms with Gasteiger partial charge in [0.05, 0.1) is 0 Å². The normalized spacial score (nSPS) is 15.7. The molecule has 0 aliphatic heterocycles. The molecule has 0 N–H and O–H groups in total. The van der Waals surface area contributed by atoms with Gasteiger partial charge in [-0.3, -0.25) is 0 Å². The van der Waals surface area contributed by atoms with E-state index in [4.69, 9.17) is 0 Å². The van der Waals surface area contributed by atoms with E-state index in [9.17, 15) is 0 Å². The molecule has 126 valence electrons. The van der Waals surface area contributed by atoms with Crippen LogP contribution in [0.15, 0.2) is 84.9 Å². The van der Waals surface area contributed by atoms with Crippen molar-refractivity contribution in [1.82, 2.24) is 0 Å². The fourth-order valence-electron chi connectivity index (χ4n) is 3.34. The third-order valence-electron chi connectivity index (χ3n) is 4.45. The summed E-state index contributed by atoms with van der Waals surface area (Å²) in [6.07, 6.45) is 7.14. The van der Waals surface area contributed by atoms with Crippen LogP contribution in [0.1, 0.15) is 32.1 Å². The van der Waals surface area contributed by atoms with Gasteiger partial charge in [0.1, 0.15) is 0 Å². The SMILES string of the molecule is [Fe+2].c1cc[cH-]c1.c1ccc(P(c2ccc[cH-]2)C2CCCCC2)cc1. The summed E-state index contributed by atoms with van der Waals surface area (Å²) in [5.41, 5.74) is 0.901. The zero-order valence-corrected chi connectivity index (χ0v) is 16.0. The second-order valence-corrected chi connectivity index (χ2v) is 8.61. The summed E-state index contributed by atoms with van der Waals surface area (Å²) in [5.74, 6) is 0. The maximum absolute atomic E-state index is 2.33. The van der Waals surface area contributed by atoms with Crippen LogP contribution in [0.4, 0.5) is 0 Å². The molecule has 4 rings (SSSR count). The average molecular weight is 376 g/mol. The molecule has 0 nitrogen and oxygen atoms in total. The van der Waals surface area contributed by atoms with Crippen LogP contribution in [0.25, 0.3) is 0 Å². The summed E-state index contributed by atoms with van der Waals surface area (Å²) in [6.45, 7) is 0. The molecule has 1 aliphatic rings. The molecule has 1 saturated carbocycles. The smallest absolute Gasteiger partial charge is 0.214 e. The Morgan fingerprint density at radius 2 is 1.46 bits per heavy atom. The van der Waals surface area contributed by atoms with E-state index in [1.165, 1.54) is 32.1 Å². The molecule has 1 aliphatic carbocycles. The van der Waals surface area contributed by atoms with Crippen molar-refractivity contribution in [3.05, 3.63) is 84.9 Å². The predicted molar refractivity (Wildman–Crippen MR) is 104 cm³/mol. The molecule has 0 aromatic heterocycles. The average Bonchev–Trinajstić information content (AvgIpc) is 3.34. The Hall–Kier alpha value is -1.13. The molecule has 2 heteroatoms. The Bertz CT molecular complexity index is 605. The summed E-state index contributed by atoms with van der Waals surface area (Å²) < 4.78 is 0. The van der Waals surface area contributed by atoms with Crippen LogP contribution >= 0.6 is 7.92 Å².